The first-order chi connectivity index (χ1) is 7.03. The van der Waals surface area contributed by atoms with Crippen LogP contribution in [-0.4, -0.2) is 25.7 Å². The Morgan fingerprint density at radius 2 is 2.07 bits per heavy atom. The molecule has 2 unspecified atom stereocenters. The Balaban J connectivity index is 4.49. The van der Waals surface area contributed by atoms with E-state index in [1.54, 1.807) is 0 Å². The van der Waals surface area contributed by atoms with Crippen LogP contribution in [0.1, 0.15) is 46.5 Å². The zero-order chi connectivity index (χ0) is 11.9. The van der Waals surface area contributed by atoms with Crippen LogP contribution in [0, 0.1) is 5.92 Å². The van der Waals surface area contributed by atoms with Crippen molar-refractivity contribution in [1.82, 2.24) is 5.32 Å². The molecule has 0 aromatic rings. The normalized spacial score (nSPS) is 16.9. The fourth-order valence-electron chi connectivity index (χ4n) is 1.87. The molecule has 1 N–H and O–H groups in total. The molecule has 0 spiro atoms. The van der Waals surface area contributed by atoms with Crippen molar-refractivity contribution >= 4 is 5.97 Å². The third-order valence-electron chi connectivity index (χ3n) is 3.35. The van der Waals surface area contributed by atoms with Crippen LogP contribution in [0.4, 0.5) is 0 Å². The molecule has 0 saturated carbocycles. The van der Waals surface area contributed by atoms with Gasteiger partial charge in [-0.15, -0.1) is 0 Å². The zero-order valence-corrected chi connectivity index (χ0v) is 10.7. The number of esters is 1. The number of hydrogen-bond acceptors (Lipinski definition) is 3. The van der Waals surface area contributed by atoms with Crippen molar-refractivity contribution in [3.8, 4) is 0 Å². The second-order valence-electron chi connectivity index (χ2n) is 4.35. The smallest absolute Gasteiger partial charge is 0.307 e. The van der Waals surface area contributed by atoms with Gasteiger partial charge in [-0.1, -0.05) is 27.2 Å². The van der Waals surface area contributed by atoms with Crippen LogP contribution in [-0.2, 0) is 9.53 Å². The molecule has 2 atom stereocenters. The number of rotatable bonds is 7. The summed E-state index contributed by atoms with van der Waals surface area (Å²) in [7, 11) is 3.37. The van der Waals surface area contributed by atoms with Crippen molar-refractivity contribution in [3.63, 3.8) is 0 Å². The van der Waals surface area contributed by atoms with Crippen molar-refractivity contribution in [2.45, 2.75) is 52.0 Å². The van der Waals surface area contributed by atoms with Gasteiger partial charge in [-0.2, -0.15) is 0 Å². The van der Waals surface area contributed by atoms with Gasteiger partial charge in [0.15, 0.2) is 0 Å². The van der Waals surface area contributed by atoms with Crippen molar-refractivity contribution in [1.29, 1.82) is 0 Å². The number of carbonyl (C=O) groups excluding carboxylic acids is 1. The average molecular weight is 215 g/mol. The van der Waals surface area contributed by atoms with E-state index in [2.05, 4.69) is 26.1 Å². The van der Waals surface area contributed by atoms with Crippen LogP contribution in [0.25, 0.3) is 0 Å². The second-order valence-corrected chi connectivity index (χ2v) is 4.35. The lowest BCUT2D eigenvalue weighted by Gasteiger charge is -2.34. The maximum absolute atomic E-state index is 11.4. The van der Waals surface area contributed by atoms with Crippen LogP contribution in [0.15, 0.2) is 0 Å². The third-order valence-corrected chi connectivity index (χ3v) is 3.35. The predicted octanol–water partition coefficient (Wildman–Crippen LogP) is 2.35. The standard InChI is InChI=1S/C12H25NO2/c1-6-10(3)8-12(7-2,13-4)9-11(14)15-5/h10,13H,6-9H2,1-5H3. The molecular formula is C12H25NO2. The summed E-state index contributed by atoms with van der Waals surface area (Å²) in [6.07, 6.45) is 3.57. The number of hydrogen-bond donors (Lipinski definition) is 1. The first kappa shape index (κ1) is 14.4. The predicted molar refractivity (Wildman–Crippen MR) is 62.8 cm³/mol. The van der Waals surface area contributed by atoms with E-state index >= 15 is 0 Å². The van der Waals surface area contributed by atoms with E-state index in [9.17, 15) is 4.79 Å². The topological polar surface area (TPSA) is 38.3 Å². The van der Waals surface area contributed by atoms with Gasteiger partial charge in [0.1, 0.15) is 0 Å². The molecule has 0 aliphatic rings. The number of carbonyl (C=O) groups is 1. The molecule has 0 bridgehead atoms. The van der Waals surface area contributed by atoms with E-state index in [1.807, 2.05) is 7.05 Å². The highest BCUT2D eigenvalue weighted by atomic mass is 16.5. The number of nitrogens with one attached hydrogen (secondary N) is 1. The lowest BCUT2D eigenvalue weighted by Crippen LogP contribution is -2.45. The fourth-order valence-corrected chi connectivity index (χ4v) is 1.87. The van der Waals surface area contributed by atoms with Gasteiger partial charge >= 0.3 is 5.97 Å². The van der Waals surface area contributed by atoms with Gasteiger partial charge in [0, 0.05) is 5.54 Å². The lowest BCUT2D eigenvalue weighted by molar-refractivity contribution is -0.142. The van der Waals surface area contributed by atoms with Crippen molar-refractivity contribution in [3.05, 3.63) is 0 Å². The minimum atomic E-state index is -0.130. The minimum absolute atomic E-state index is 0.0947. The van der Waals surface area contributed by atoms with Gasteiger partial charge in [-0.25, -0.2) is 0 Å². The van der Waals surface area contributed by atoms with Crippen LogP contribution in [0.2, 0.25) is 0 Å². The molecule has 3 nitrogen and oxygen atoms in total. The summed E-state index contributed by atoms with van der Waals surface area (Å²) in [4.78, 5) is 11.4. The summed E-state index contributed by atoms with van der Waals surface area (Å²) in [5.41, 5.74) is -0.0947. The highest BCUT2D eigenvalue weighted by Crippen LogP contribution is 2.26. The summed E-state index contributed by atoms with van der Waals surface area (Å²) in [6, 6.07) is 0. The van der Waals surface area contributed by atoms with E-state index in [4.69, 9.17) is 4.74 Å². The minimum Gasteiger partial charge on any atom is -0.469 e. The molecule has 0 radical (unpaired) electrons. The number of methoxy groups -OCH3 is 1. The molecule has 0 rings (SSSR count). The molecule has 0 amide bonds. The molecule has 0 aromatic carbocycles. The van der Waals surface area contributed by atoms with Crippen molar-refractivity contribution in [2.75, 3.05) is 14.2 Å². The van der Waals surface area contributed by atoms with Gasteiger partial charge in [-0.3, -0.25) is 4.79 Å². The molecule has 15 heavy (non-hydrogen) atoms. The lowest BCUT2D eigenvalue weighted by atomic mass is 9.82. The Hall–Kier alpha value is -0.570. The summed E-state index contributed by atoms with van der Waals surface area (Å²) >= 11 is 0. The van der Waals surface area contributed by atoms with E-state index in [-0.39, 0.29) is 11.5 Å². The quantitative estimate of drug-likeness (QED) is 0.662. The highest BCUT2D eigenvalue weighted by molar-refractivity contribution is 5.70. The van der Waals surface area contributed by atoms with Crippen LogP contribution < -0.4 is 5.32 Å². The Kier molecular flexibility index (Phi) is 6.57. The number of ether oxygens (including phenoxy) is 1. The Bertz CT molecular complexity index is 188. The third kappa shape index (κ3) is 4.65. The monoisotopic (exact) mass is 215 g/mol. The summed E-state index contributed by atoms with van der Waals surface area (Å²) in [5, 5.41) is 3.29. The molecule has 0 aliphatic heterocycles. The van der Waals surface area contributed by atoms with E-state index in [0.717, 1.165) is 19.3 Å². The molecule has 0 heterocycles. The van der Waals surface area contributed by atoms with Gasteiger partial charge in [0.05, 0.1) is 13.5 Å². The summed E-state index contributed by atoms with van der Waals surface area (Å²) in [6.45, 7) is 6.51. The Morgan fingerprint density at radius 3 is 2.40 bits per heavy atom. The van der Waals surface area contributed by atoms with Crippen LogP contribution in [0.3, 0.4) is 0 Å². The first-order valence-corrected chi connectivity index (χ1v) is 5.79. The second kappa shape index (κ2) is 6.83. The average Bonchev–Trinajstić information content (AvgIpc) is 2.27. The van der Waals surface area contributed by atoms with E-state index < -0.39 is 0 Å². The molecular weight excluding hydrogens is 190 g/mol. The van der Waals surface area contributed by atoms with Gasteiger partial charge < -0.3 is 10.1 Å². The maximum atomic E-state index is 11.4. The zero-order valence-electron chi connectivity index (χ0n) is 10.7. The SMILES string of the molecule is CCC(C)CC(CC)(CC(=O)OC)NC. The van der Waals surface area contributed by atoms with Gasteiger partial charge in [0.2, 0.25) is 0 Å². The molecule has 3 heteroatoms. The van der Waals surface area contributed by atoms with Gasteiger partial charge in [0.25, 0.3) is 0 Å². The fraction of sp³-hybridized carbons (Fsp3) is 0.917. The largest absolute Gasteiger partial charge is 0.469 e. The van der Waals surface area contributed by atoms with Crippen molar-refractivity contribution < 1.29 is 9.53 Å². The molecule has 0 saturated heterocycles. The Labute approximate surface area is 93.6 Å². The van der Waals surface area contributed by atoms with E-state index in [1.165, 1.54) is 7.11 Å². The first-order valence-electron chi connectivity index (χ1n) is 5.79. The molecule has 90 valence electrons. The molecule has 0 aromatic heterocycles. The summed E-state index contributed by atoms with van der Waals surface area (Å²) < 4.78 is 4.75. The van der Waals surface area contributed by atoms with Crippen LogP contribution >= 0.6 is 0 Å². The summed E-state index contributed by atoms with van der Waals surface area (Å²) in [5.74, 6) is 0.497. The molecule has 0 fully saturated rings. The highest BCUT2D eigenvalue weighted by Gasteiger charge is 2.30. The Morgan fingerprint density at radius 1 is 1.47 bits per heavy atom. The van der Waals surface area contributed by atoms with Crippen LogP contribution in [0.5, 0.6) is 0 Å². The maximum Gasteiger partial charge on any atom is 0.307 e. The molecule has 0 aliphatic carbocycles. The van der Waals surface area contributed by atoms with E-state index in [0.29, 0.717) is 12.3 Å². The van der Waals surface area contributed by atoms with Crippen molar-refractivity contribution in [2.24, 2.45) is 5.92 Å². The van der Waals surface area contributed by atoms with Gasteiger partial charge in [-0.05, 0) is 25.8 Å².